The Bertz CT molecular complexity index is 709. The maximum absolute atomic E-state index is 12.0. The van der Waals surface area contributed by atoms with E-state index in [1.807, 2.05) is 61.9 Å². The van der Waals surface area contributed by atoms with Crippen LogP contribution in [0.1, 0.15) is 30.3 Å². The second-order valence-corrected chi connectivity index (χ2v) is 6.34. The third-order valence-electron chi connectivity index (χ3n) is 3.84. The van der Waals surface area contributed by atoms with Crippen LogP contribution >= 0.6 is 0 Å². The minimum absolute atomic E-state index is 0.0227. The molecule has 0 bridgehead atoms. The van der Waals surface area contributed by atoms with Gasteiger partial charge in [-0.25, -0.2) is 0 Å². The Labute approximate surface area is 148 Å². The van der Waals surface area contributed by atoms with E-state index in [2.05, 4.69) is 15.7 Å². The van der Waals surface area contributed by atoms with Crippen molar-refractivity contribution < 1.29 is 9.59 Å². The lowest BCUT2D eigenvalue weighted by Crippen LogP contribution is -2.38. The highest BCUT2D eigenvalue weighted by molar-refractivity contribution is 5.80. The molecule has 0 aliphatic heterocycles. The lowest BCUT2D eigenvalue weighted by atomic mass is 10.1. The fourth-order valence-electron chi connectivity index (χ4n) is 2.67. The number of carbonyl (C=O) groups is 2. The van der Waals surface area contributed by atoms with Gasteiger partial charge in [-0.1, -0.05) is 30.3 Å². The molecule has 0 aliphatic rings. The van der Waals surface area contributed by atoms with Crippen molar-refractivity contribution in [1.29, 1.82) is 0 Å². The van der Waals surface area contributed by atoms with E-state index < -0.39 is 0 Å². The topological polar surface area (TPSA) is 76.0 Å². The Hall–Kier alpha value is -2.63. The van der Waals surface area contributed by atoms with Crippen LogP contribution in [0.3, 0.4) is 0 Å². The number of nitrogens with one attached hydrogen (secondary N) is 2. The average molecular weight is 342 g/mol. The van der Waals surface area contributed by atoms with E-state index in [9.17, 15) is 9.59 Å². The Balaban J connectivity index is 1.66. The number of hydrogen-bond donors (Lipinski definition) is 2. The molecule has 0 radical (unpaired) electrons. The minimum atomic E-state index is -0.0750. The first-order chi connectivity index (χ1) is 11.9. The van der Waals surface area contributed by atoms with Gasteiger partial charge < -0.3 is 10.6 Å². The summed E-state index contributed by atoms with van der Waals surface area (Å²) < 4.78 is 1.89. The van der Waals surface area contributed by atoms with Crippen LogP contribution in [0.2, 0.25) is 0 Å². The number of hydrogen-bond acceptors (Lipinski definition) is 3. The summed E-state index contributed by atoms with van der Waals surface area (Å²) in [5, 5.41) is 10.1. The Morgan fingerprint density at radius 1 is 1.16 bits per heavy atom. The summed E-state index contributed by atoms with van der Waals surface area (Å²) in [5.74, 6) is -0.149. The van der Waals surface area contributed by atoms with Crippen LogP contribution in [-0.2, 0) is 22.6 Å². The van der Waals surface area contributed by atoms with Crippen LogP contribution in [0, 0.1) is 13.8 Å². The lowest BCUT2D eigenvalue weighted by Gasteiger charge is -2.15. The number of amides is 2. The second kappa shape index (κ2) is 9.01. The van der Waals surface area contributed by atoms with E-state index in [0.29, 0.717) is 19.5 Å². The molecule has 0 spiro atoms. The molecule has 1 aromatic carbocycles. The highest BCUT2D eigenvalue weighted by Gasteiger charge is 2.11. The fraction of sp³-hybridized carbons (Fsp3) is 0.421. The Kier molecular flexibility index (Phi) is 6.74. The molecule has 2 rings (SSSR count). The summed E-state index contributed by atoms with van der Waals surface area (Å²) in [4.78, 5) is 23.8. The third-order valence-corrected chi connectivity index (χ3v) is 3.84. The van der Waals surface area contributed by atoms with Gasteiger partial charge in [0.25, 0.3) is 0 Å². The minimum Gasteiger partial charge on any atom is -0.355 e. The van der Waals surface area contributed by atoms with Crippen molar-refractivity contribution in [3.8, 4) is 0 Å². The maximum atomic E-state index is 12.0. The van der Waals surface area contributed by atoms with Gasteiger partial charge >= 0.3 is 0 Å². The summed E-state index contributed by atoms with van der Waals surface area (Å²) in [5.41, 5.74) is 3.01. The molecule has 6 nitrogen and oxygen atoms in total. The van der Waals surface area contributed by atoms with Crippen LogP contribution in [0.15, 0.2) is 36.4 Å². The van der Waals surface area contributed by atoms with E-state index in [1.165, 1.54) is 0 Å². The standard InChI is InChI=1S/C19H26N4O2/c1-14-11-16(3)23(22-14)13-15(2)21-18(24)9-10-20-19(25)12-17-7-5-4-6-8-17/h4-8,11,15H,9-10,12-13H2,1-3H3,(H,20,25)(H,21,24)/t15-/m1/s1. The largest absolute Gasteiger partial charge is 0.355 e. The van der Waals surface area contributed by atoms with E-state index in [4.69, 9.17) is 0 Å². The molecule has 1 atom stereocenters. The van der Waals surface area contributed by atoms with Crippen molar-refractivity contribution in [3.05, 3.63) is 53.3 Å². The van der Waals surface area contributed by atoms with Crippen LogP contribution in [0.25, 0.3) is 0 Å². The number of nitrogens with zero attached hydrogens (tertiary/aromatic N) is 2. The second-order valence-electron chi connectivity index (χ2n) is 6.34. The monoisotopic (exact) mass is 342 g/mol. The van der Waals surface area contributed by atoms with Gasteiger partial charge in [0.05, 0.1) is 18.7 Å². The van der Waals surface area contributed by atoms with Crippen LogP contribution in [0.4, 0.5) is 0 Å². The molecule has 0 saturated heterocycles. The first-order valence-corrected chi connectivity index (χ1v) is 8.55. The first kappa shape index (κ1) is 18.7. The van der Waals surface area contributed by atoms with Crippen molar-refractivity contribution in [2.24, 2.45) is 0 Å². The molecular formula is C19H26N4O2. The van der Waals surface area contributed by atoms with Crippen molar-refractivity contribution >= 4 is 11.8 Å². The SMILES string of the molecule is Cc1cc(C)n(C[C@@H](C)NC(=O)CCNC(=O)Cc2ccccc2)n1. The zero-order chi connectivity index (χ0) is 18.2. The van der Waals surface area contributed by atoms with E-state index in [0.717, 1.165) is 17.0 Å². The maximum Gasteiger partial charge on any atom is 0.224 e. The van der Waals surface area contributed by atoms with Crippen molar-refractivity contribution in [2.45, 2.75) is 46.2 Å². The van der Waals surface area contributed by atoms with Gasteiger partial charge in [0.15, 0.2) is 0 Å². The normalized spacial score (nSPS) is 11.8. The van der Waals surface area contributed by atoms with Crippen molar-refractivity contribution in [2.75, 3.05) is 6.54 Å². The summed E-state index contributed by atoms with van der Waals surface area (Å²) in [6, 6.07) is 11.5. The predicted octanol–water partition coefficient (Wildman–Crippen LogP) is 1.75. The van der Waals surface area contributed by atoms with Gasteiger partial charge in [-0.05, 0) is 32.4 Å². The molecular weight excluding hydrogens is 316 g/mol. The molecule has 0 aliphatic carbocycles. The zero-order valence-electron chi connectivity index (χ0n) is 15.1. The molecule has 6 heteroatoms. The van der Waals surface area contributed by atoms with E-state index in [-0.39, 0.29) is 24.3 Å². The quantitative estimate of drug-likeness (QED) is 0.767. The third kappa shape index (κ3) is 6.41. The molecule has 0 unspecified atom stereocenters. The highest BCUT2D eigenvalue weighted by Crippen LogP contribution is 2.03. The molecule has 2 amide bonds. The predicted molar refractivity (Wildman–Crippen MR) is 97.1 cm³/mol. The van der Waals surface area contributed by atoms with Crippen LogP contribution in [0.5, 0.6) is 0 Å². The number of rotatable bonds is 8. The summed E-state index contributed by atoms with van der Waals surface area (Å²) in [7, 11) is 0. The molecule has 1 aromatic heterocycles. The summed E-state index contributed by atoms with van der Waals surface area (Å²) in [6.07, 6.45) is 0.596. The van der Waals surface area contributed by atoms with Gasteiger partial charge in [0.1, 0.15) is 0 Å². The van der Waals surface area contributed by atoms with Crippen molar-refractivity contribution in [3.63, 3.8) is 0 Å². The molecule has 2 N–H and O–H groups in total. The smallest absolute Gasteiger partial charge is 0.224 e. The molecule has 0 fully saturated rings. The molecule has 2 aromatic rings. The van der Waals surface area contributed by atoms with Gasteiger partial charge in [0, 0.05) is 24.7 Å². The van der Waals surface area contributed by atoms with Gasteiger partial charge in [0.2, 0.25) is 11.8 Å². The highest BCUT2D eigenvalue weighted by atomic mass is 16.2. The molecule has 134 valence electrons. The number of benzene rings is 1. The molecule has 0 saturated carbocycles. The summed E-state index contributed by atoms with van der Waals surface area (Å²) in [6.45, 7) is 6.86. The number of aromatic nitrogens is 2. The fourth-order valence-corrected chi connectivity index (χ4v) is 2.67. The Morgan fingerprint density at radius 2 is 1.88 bits per heavy atom. The van der Waals surface area contributed by atoms with E-state index in [1.54, 1.807) is 0 Å². The number of carbonyl (C=O) groups excluding carboxylic acids is 2. The van der Waals surface area contributed by atoms with Crippen molar-refractivity contribution in [1.82, 2.24) is 20.4 Å². The zero-order valence-corrected chi connectivity index (χ0v) is 15.1. The van der Waals surface area contributed by atoms with Gasteiger partial charge in [-0.3, -0.25) is 14.3 Å². The summed E-state index contributed by atoms with van der Waals surface area (Å²) >= 11 is 0. The van der Waals surface area contributed by atoms with Crippen LogP contribution < -0.4 is 10.6 Å². The number of aryl methyl sites for hydroxylation is 2. The van der Waals surface area contributed by atoms with Crippen LogP contribution in [-0.4, -0.2) is 34.2 Å². The Morgan fingerprint density at radius 3 is 2.52 bits per heavy atom. The lowest BCUT2D eigenvalue weighted by molar-refractivity contribution is -0.122. The molecule has 1 heterocycles. The van der Waals surface area contributed by atoms with E-state index >= 15 is 0 Å². The van der Waals surface area contributed by atoms with Gasteiger partial charge in [-0.2, -0.15) is 5.10 Å². The van der Waals surface area contributed by atoms with Gasteiger partial charge in [-0.15, -0.1) is 0 Å². The molecule has 25 heavy (non-hydrogen) atoms. The average Bonchev–Trinajstić information content (AvgIpc) is 2.85. The first-order valence-electron chi connectivity index (χ1n) is 8.55.